The lowest BCUT2D eigenvalue weighted by Crippen LogP contribution is -2.40. The van der Waals surface area contributed by atoms with Crippen molar-refractivity contribution in [1.29, 1.82) is 0 Å². The van der Waals surface area contributed by atoms with Gasteiger partial charge in [0.25, 0.3) is 5.56 Å². The average Bonchev–Trinajstić information content (AvgIpc) is 3.33. The van der Waals surface area contributed by atoms with Crippen LogP contribution in [0.2, 0.25) is 5.02 Å². The van der Waals surface area contributed by atoms with Crippen LogP contribution >= 0.6 is 11.6 Å². The van der Waals surface area contributed by atoms with Crippen LogP contribution in [0.3, 0.4) is 0 Å². The number of fused-ring (bicyclic) bond motifs is 1. The molecule has 5 rings (SSSR count). The second kappa shape index (κ2) is 9.67. The molecule has 1 aliphatic rings. The summed E-state index contributed by atoms with van der Waals surface area (Å²) in [6.07, 6.45) is 4.53. The molecule has 2 aromatic carbocycles. The minimum atomic E-state index is -1.07. The number of carbonyl (C=O) groups is 2. The number of benzene rings is 2. The molecule has 0 bridgehead atoms. The molecule has 0 spiro atoms. The number of pyridine rings is 2. The SMILES string of the molecule is O=C(O)CCC(=O)N1NC(c2c(-c3ccccc3)c3cc(Cl)ccc3[nH]c2=O)=CC1c1cccnc1. The predicted molar refractivity (Wildman–Crippen MR) is 137 cm³/mol. The molecule has 0 radical (unpaired) electrons. The normalized spacial score (nSPS) is 15.0. The van der Waals surface area contributed by atoms with Gasteiger partial charge in [-0.1, -0.05) is 48.0 Å². The van der Waals surface area contributed by atoms with Crippen LogP contribution < -0.4 is 11.0 Å². The Balaban J connectivity index is 1.70. The number of carboxylic acid groups (broad SMARTS) is 1. The van der Waals surface area contributed by atoms with Gasteiger partial charge in [0.2, 0.25) is 5.91 Å². The number of nitrogens with zero attached hydrogens (tertiary/aromatic N) is 2. The second-order valence-corrected chi connectivity index (χ2v) is 8.78. The monoisotopic (exact) mass is 500 g/mol. The molecule has 1 amide bonds. The number of hydrogen-bond acceptors (Lipinski definition) is 5. The Hall–Kier alpha value is -4.43. The number of hydrazine groups is 1. The Morgan fingerprint density at radius 1 is 1.03 bits per heavy atom. The zero-order valence-corrected chi connectivity index (χ0v) is 19.7. The van der Waals surface area contributed by atoms with Crippen LogP contribution in [0, 0.1) is 0 Å². The fourth-order valence-corrected chi connectivity index (χ4v) is 4.56. The van der Waals surface area contributed by atoms with Crippen molar-refractivity contribution >= 4 is 40.1 Å². The zero-order chi connectivity index (χ0) is 25.2. The highest BCUT2D eigenvalue weighted by molar-refractivity contribution is 6.31. The third-order valence-corrected chi connectivity index (χ3v) is 6.23. The molecule has 9 heteroatoms. The third kappa shape index (κ3) is 4.46. The molecule has 1 atom stereocenters. The summed E-state index contributed by atoms with van der Waals surface area (Å²) in [7, 11) is 0. The van der Waals surface area contributed by atoms with Gasteiger partial charge in [0.05, 0.1) is 17.7 Å². The van der Waals surface area contributed by atoms with E-state index in [-0.39, 0.29) is 18.4 Å². The van der Waals surface area contributed by atoms with Gasteiger partial charge in [0, 0.05) is 40.3 Å². The first-order valence-corrected chi connectivity index (χ1v) is 11.6. The van der Waals surface area contributed by atoms with Crippen molar-refractivity contribution in [2.75, 3.05) is 0 Å². The number of aliphatic carboxylic acids is 1. The molecular weight excluding hydrogens is 480 g/mol. The Morgan fingerprint density at radius 3 is 2.56 bits per heavy atom. The molecule has 3 heterocycles. The van der Waals surface area contributed by atoms with E-state index in [0.29, 0.717) is 32.9 Å². The van der Waals surface area contributed by atoms with Crippen LogP contribution in [0.1, 0.15) is 30.0 Å². The number of nitrogens with one attached hydrogen (secondary N) is 2. The van der Waals surface area contributed by atoms with Crippen LogP contribution in [-0.4, -0.2) is 32.0 Å². The summed E-state index contributed by atoms with van der Waals surface area (Å²) in [6.45, 7) is 0. The number of amides is 1. The molecule has 0 saturated heterocycles. The van der Waals surface area contributed by atoms with Gasteiger partial charge in [-0.2, -0.15) is 0 Å². The van der Waals surface area contributed by atoms with Crippen LogP contribution in [0.5, 0.6) is 0 Å². The summed E-state index contributed by atoms with van der Waals surface area (Å²) >= 11 is 6.33. The van der Waals surface area contributed by atoms with Gasteiger partial charge in [-0.15, -0.1) is 0 Å². The Labute approximate surface area is 210 Å². The van der Waals surface area contributed by atoms with Crippen molar-refractivity contribution < 1.29 is 14.7 Å². The van der Waals surface area contributed by atoms with Crippen molar-refractivity contribution in [2.24, 2.45) is 0 Å². The molecule has 2 aromatic heterocycles. The Morgan fingerprint density at radius 2 is 1.83 bits per heavy atom. The largest absolute Gasteiger partial charge is 0.481 e. The number of aromatic amines is 1. The van der Waals surface area contributed by atoms with Crippen molar-refractivity contribution in [3.05, 3.63) is 106 Å². The minimum Gasteiger partial charge on any atom is -0.481 e. The standard InChI is InChI=1S/C27H21ClN4O4/c28-18-8-9-20-19(13-18)25(16-5-2-1-3-6-16)26(27(36)30-20)21-14-22(17-7-4-12-29-15-17)32(31-21)23(33)10-11-24(34)35/h1-9,12-15,22,31H,10-11H2,(H,30,36)(H,34,35). The minimum absolute atomic E-state index is 0.199. The average molecular weight is 501 g/mol. The first-order valence-electron chi connectivity index (χ1n) is 11.3. The number of carbonyl (C=O) groups excluding carboxylic acids is 1. The Bertz CT molecular complexity index is 1550. The fraction of sp³-hybridized carbons (Fsp3) is 0.111. The van der Waals surface area contributed by atoms with Crippen molar-refractivity contribution in [3.63, 3.8) is 0 Å². The van der Waals surface area contributed by atoms with Gasteiger partial charge in [0.1, 0.15) is 6.04 Å². The van der Waals surface area contributed by atoms with Gasteiger partial charge in [-0.25, -0.2) is 5.01 Å². The van der Waals surface area contributed by atoms with Crippen LogP contribution in [0.25, 0.3) is 27.7 Å². The summed E-state index contributed by atoms with van der Waals surface area (Å²) in [5.74, 6) is -1.48. The smallest absolute Gasteiger partial charge is 0.303 e. The highest BCUT2D eigenvalue weighted by Gasteiger charge is 2.33. The van der Waals surface area contributed by atoms with Gasteiger partial charge in [-0.05, 0) is 41.5 Å². The first kappa shape index (κ1) is 23.3. The van der Waals surface area contributed by atoms with Gasteiger partial charge < -0.3 is 10.1 Å². The van der Waals surface area contributed by atoms with E-state index in [4.69, 9.17) is 16.7 Å². The lowest BCUT2D eigenvalue weighted by molar-refractivity contribution is -0.142. The lowest BCUT2D eigenvalue weighted by Gasteiger charge is -2.25. The number of rotatable bonds is 6. The van der Waals surface area contributed by atoms with Crippen LogP contribution in [-0.2, 0) is 9.59 Å². The summed E-state index contributed by atoms with van der Waals surface area (Å²) in [5, 5.41) is 11.7. The van der Waals surface area contributed by atoms with Crippen LogP contribution in [0.4, 0.5) is 0 Å². The molecule has 1 unspecified atom stereocenters. The molecule has 3 N–H and O–H groups in total. The maximum absolute atomic E-state index is 13.5. The van der Waals surface area contributed by atoms with Gasteiger partial charge in [-0.3, -0.25) is 24.8 Å². The molecule has 180 valence electrons. The number of halogens is 1. The van der Waals surface area contributed by atoms with Crippen molar-refractivity contribution in [3.8, 4) is 11.1 Å². The summed E-state index contributed by atoms with van der Waals surface area (Å²) in [5.41, 5.74) is 6.33. The third-order valence-electron chi connectivity index (χ3n) is 6.00. The number of H-pyrrole nitrogens is 1. The molecule has 4 aromatic rings. The van der Waals surface area contributed by atoms with E-state index in [1.165, 1.54) is 5.01 Å². The zero-order valence-electron chi connectivity index (χ0n) is 18.9. The van der Waals surface area contributed by atoms with Gasteiger partial charge >= 0.3 is 5.97 Å². The van der Waals surface area contributed by atoms with E-state index in [9.17, 15) is 14.4 Å². The number of carboxylic acids is 1. The molecule has 1 aliphatic heterocycles. The Kier molecular flexibility index (Phi) is 6.26. The molecule has 0 fully saturated rings. The van der Waals surface area contributed by atoms with E-state index in [2.05, 4.69) is 15.4 Å². The lowest BCUT2D eigenvalue weighted by atomic mass is 9.94. The molecular formula is C27H21ClN4O4. The highest BCUT2D eigenvalue weighted by atomic mass is 35.5. The van der Waals surface area contributed by atoms with Crippen molar-refractivity contribution in [1.82, 2.24) is 20.4 Å². The number of hydrogen-bond donors (Lipinski definition) is 3. The summed E-state index contributed by atoms with van der Waals surface area (Å²) < 4.78 is 0. The molecule has 0 aliphatic carbocycles. The maximum atomic E-state index is 13.5. The maximum Gasteiger partial charge on any atom is 0.303 e. The van der Waals surface area contributed by atoms with Crippen molar-refractivity contribution in [2.45, 2.75) is 18.9 Å². The second-order valence-electron chi connectivity index (χ2n) is 8.34. The van der Waals surface area contributed by atoms with E-state index in [1.807, 2.05) is 36.4 Å². The summed E-state index contributed by atoms with van der Waals surface area (Å²) in [4.78, 5) is 44.7. The summed E-state index contributed by atoms with van der Waals surface area (Å²) in [6, 6.07) is 17.7. The first-order chi connectivity index (χ1) is 17.4. The van der Waals surface area contributed by atoms with E-state index < -0.39 is 17.9 Å². The quantitative estimate of drug-likeness (QED) is 0.358. The van der Waals surface area contributed by atoms with Gasteiger partial charge in [0.15, 0.2) is 0 Å². The van der Waals surface area contributed by atoms with E-state index in [0.717, 1.165) is 10.9 Å². The molecule has 0 saturated carbocycles. The van der Waals surface area contributed by atoms with E-state index in [1.54, 1.807) is 42.7 Å². The molecule has 36 heavy (non-hydrogen) atoms. The predicted octanol–water partition coefficient (Wildman–Crippen LogP) is 4.54. The number of aromatic nitrogens is 2. The fourth-order valence-electron chi connectivity index (χ4n) is 4.38. The van der Waals surface area contributed by atoms with E-state index >= 15 is 0 Å². The molecule has 8 nitrogen and oxygen atoms in total. The van der Waals surface area contributed by atoms with Crippen LogP contribution in [0.15, 0.2) is 83.9 Å². The topological polar surface area (TPSA) is 115 Å². The highest BCUT2D eigenvalue weighted by Crippen LogP contribution is 2.37.